The van der Waals surface area contributed by atoms with E-state index in [1.54, 1.807) is 37.0 Å². The summed E-state index contributed by atoms with van der Waals surface area (Å²) in [7, 11) is 1.72. The third-order valence-electron chi connectivity index (χ3n) is 5.17. The number of benzene rings is 2. The van der Waals surface area contributed by atoms with Crippen molar-refractivity contribution in [3.63, 3.8) is 0 Å². The van der Waals surface area contributed by atoms with Crippen molar-refractivity contribution >= 4 is 45.7 Å². The Labute approximate surface area is 191 Å². The van der Waals surface area contributed by atoms with Crippen LogP contribution in [-0.2, 0) is 13.2 Å². The van der Waals surface area contributed by atoms with Crippen LogP contribution in [0.2, 0.25) is 5.28 Å². The van der Waals surface area contributed by atoms with E-state index in [2.05, 4.69) is 25.7 Å². The number of hydrogen-bond acceptors (Lipinski definition) is 5. The van der Waals surface area contributed by atoms with Crippen molar-refractivity contribution in [3.05, 3.63) is 70.1 Å². The summed E-state index contributed by atoms with van der Waals surface area (Å²) in [6.07, 6.45) is -2.98. The summed E-state index contributed by atoms with van der Waals surface area (Å²) in [6.45, 7) is 3.67. The Kier molecular flexibility index (Phi) is 5.71. The van der Waals surface area contributed by atoms with Gasteiger partial charge in [-0.05, 0) is 60.8 Å². The Bertz CT molecular complexity index is 1380. The maximum absolute atomic E-state index is 13.0. The maximum Gasteiger partial charge on any atom is 0.416 e. The third kappa shape index (κ3) is 4.47. The zero-order valence-electron chi connectivity index (χ0n) is 17.8. The van der Waals surface area contributed by atoms with Gasteiger partial charge in [-0.15, -0.1) is 0 Å². The number of carbonyl (C=O) groups excluding carboxylic acids is 1. The lowest BCUT2D eigenvalue weighted by Gasteiger charge is -2.16. The van der Waals surface area contributed by atoms with Crippen molar-refractivity contribution in [1.82, 2.24) is 19.7 Å². The number of nitrogens with zero attached hydrogens (tertiary/aromatic N) is 4. The summed E-state index contributed by atoms with van der Waals surface area (Å²) >= 11 is 5.88. The molecule has 2 heterocycles. The number of aromatic nitrogens is 4. The summed E-state index contributed by atoms with van der Waals surface area (Å²) in [5, 5.41) is 11.1. The van der Waals surface area contributed by atoms with Crippen LogP contribution in [0.15, 0.2) is 42.6 Å². The fourth-order valence-corrected chi connectivity index (χ4v) is 3.56. The van der Waals surface area contributed by atoms with Crippen LogP contribution in [0.25, 0.3) is 11.0 Å². The summed E-state index contributed by atoms with van der Waals surface area (Å²) in [6, 6.07) is 7.76. The second-order valence-electron chi connectivity index (χ2n) is 7.44. The van der Waals surface area contributed by atoms with Gasteiger partial charge in [0.25, 0.3) is 5.91 Å². The van der Waals surface area contributed by atoms with E-state index in [0.29, 0.717) is 33.8 Å². The molecule has 2 aromatic carbocycles. The van der Waals surface area contributed by atoms with Gasteiger partial charge in [-0.2, -0.15) is 23.3 Å². The van der Waals surface area contributed by atoms with E-state index in [9.17, 15) is 18.0 Å². The van der Waals surface area contributed by atoms with Gasteiger partial charge in [0, 0.05) is 30.2 Å². The van der Waals surface area contributed by atoms with Crippen LogP contribution >= 0.6 is 11.6 Å². The summed E-state index contributed by atoms with van der Waals surface area (Å²) in [4.78, 5) is 20.8. The van der Waals surface area contributed by atoms with Crippen molar-refractivity contribution in [3.8, 4) is 0 Å². The summed E-state index contributed by atoms with van der Waals surface area (Å²) < 4.78 is 40.6. The fraction of sp³-hybridized carbons (Fsp3) is 0.182. The molecule has 4 aromatic rings. The zero-order chi connectivity index (χ0) is 23.9. The topological polar surface area (TPSA) is 84.7 Å². The van der Waals surface area contributed by atoms with Crippen LogP contribution in [0.4, 0.5) is 30.4 Å². The number of fused-ring (bicyclic) bond motifs is 1. The highest BCUT2D eigenvalue weighted by atomic mass is 35.5. The molecule has 0 spiro atoms. The SMILES string of the molecule is Cc1ccc(NC(=O)c2cccc(C(F)(F)F)c2)c(C)c1Nc1nn(C)c2nc(Cl)ncc12. The molecule has 0 fully saturated rings. The molecule has 0 unspecified atom stereocenters. The molecular weight excluding hydrogens is 457 g/mol. The highest BCUT2D eigenvalue weighted by Crippen LogP contribution is 2.33. The quantitative estimate of drug-likeness (QED) is 0.373. The highest BCUT2D eigenvalue weighted by Gasteiger charge is 2.31. The first-order chi connectivity index (χ1) is 15.5. The first kappa shape index (κ1) is 22.5. The second-order valence-corrected chi connectivity index (χ2v) is 7.77. The average Bonchev–Trinajstić information content (AvgIpc) is 3.07. The lowest BCUT2D eigenvalue weighted by molar-refractivity contribution is -0.137. The fourth-order valence-electron chi connectivity index (χ4n) is 3.43. The smallest absolute Gasteiger partial charge is 0.338 e. The van der Waals surface area contributed by atoms with Crippen LogP contribution in [0.3, 0.4) is 0 Å². The molecule has 7 nitrogen and oxygen atoms in total. The Balaban J connectivity index is 1.65. The number of aryl methyl sites for hydroxylation is 2. The van der Waals surface area contributed by atoms with Crippen LogP contribution in [-0.4, -0.2) is 25.7 Å². The molecule has 0 aliphatic rings. The van der Waals surface area contributed by atoms with E-state index < -0.39 is 17.6 Å². The highest BCUT2D eigenvalue weighted by molar-refractivity contribution is 6.28. The molecule has 0 aliphatic carbocycles. The molecule has 11 heteroatoms. The van der Waals surface area contributed by atoms with Gasteiger partial charge in [-0.25, -0.2) is 9.67 Å². The van der Waals surface area contributed by atoms with Gasteiger partial charge in [0.1, 0.15) is 0 Å². The molecule has 1 amide bonds. The van der Waals surface area contributed by atoms with E-state index >= 15 is 0 Å². The Morgan fingerprint density at radius 1 is 1.15 bits per heavy atom. The minimum Gasteiger partial charge on any atom is -0.338 e. The van der Waals surface area contributed by atoms with E-state index in [4.69, 9.17) is 11.6 Å². The van der Waals surface area contributed by atoms with Crippen LogP contribution in [0.1, 0.15) is 27.0 Å². The van der Waals surface area contributed by atoms with Gasteiger partial charge in [0.2, 0.25) is 5.28 Å². The number of nitrogens with one attached hydrogen (secondary N) is 2. The predicted molar refractivity (Wildman–Crippen MR) is 120 cm³/mol. The molecule has 0 bridgehead atoms. The van der Waals surface area contributed by atoms with Gasteiger partial charge in [-0.1, -0.05) is 12.1 Å². The number of hydrogen-bond donors (Lipinski definition) is 2. The first-order valence-electron chi connectivity index (χ1n) is 9.75. The second kappa shape index (κ2) is 8.36. The van der Waals surface area contributed by atoms with E-state index in [1.807, 2.05) is 6.92 Å². The number of rotatable bonds is 4. The van der Waals surface area contributed by atoms with Crippen molar-refractivity contribution in [1.29, 1.82) is 0 Å². The lowest BCUT2D eigenvalue weighted by atomic mass is 10.1. The number of halogens is 4. The first-order valence-corrected chi connectivity index (χ1v) is 10.1. The van der Waals surface area contributed by atoms with Crippen molar-refractivity contribution in [2.45, 2.75) is 20.0 Å². The molecule has 0 radical (unpaired) electrons. The number of amides is 1. The predicted octanol–water partition coefficient (Wildman–Crippen LogP) is 5.65. The zero-order valence-corrected chi connectivity index (χ0v) is 18.5. The molecule has 2 N–H and O–H groups in total. The molecular formula is C22H18ClF3N6O. The van der Waals surface area contributed by atoms with Crippen molar-refractivity contribution in [2.75, 3.05) is 10.6 Å². The van der Waals surface area contributed by atoms with Gasteiger partial charge >= 0.3 is 6.18 Å². The molecule has 170 valence electrons. The standard InChI is InChI=1S/C22H18ClF3N6O/c1-11-7-8-16(28-20(33)13-5-4-6-14(9-13)22(24,25)26)12(2)17(11)29-18-15-10-27-21(23)30-19(15)32(3)31-18/h4-10H,1-3H3,(H,28,33)(H,29,31). The van der Waals surface area contributed by atoms with Crippen molar-refractivity contribution in [2.24, 2.45) is 7.05 Å². The molecule has 33 heavy (non-hydrogen) atoms. The third-order valence-corrected chi connectivity index (χ3v) is 5.35. The maximum atomic E-state index is 13.0. The number of anilines is 3. The Morgan fingerprint density at radius 2 is 1.91 bits per heavy atom. The van der Waals surface area contributed by atoms with Gasteiger partial charge in [0.05, 0.1) is 10.9 Å². The van der Waals surface area contributed by atoms with Crippen LogP contribution in [0, 0.1) is 13.8 Å². The molecule has 0 saturated carbocycles. The monoisotopic (exact) mass is 474 g/mol. The molecule has 4 rings (SSSR count). The van der Waals surface area contributed by atoms with E-state index in [-0.39, 0.29) is 10.8 Å². The van der Waals surface area contributed by atoms with E-state index in [1.165, 1.54) is 12.1 Å². The number of carbonyl (C=O) groups is 1. The van der Waals surface area contributed by atoms with Gasteiger partial charge in [-0.3, -0.25) is 4.79 Å². The molecule has 0 aliphatic heterocycles. The summed E-state index contributed by atoms with van der Waals surface area (Å²) in [5.74, 6) is -0.151. The summed E-state index contributed by atoms with van der Waals surface area (Å²) in [5.41, 5.74) is 2.26. The molecule has 0 atom stereocenters. The lowest BCUT2D eigenvalue weighted by Crippen LogP contribution is -2.15. The molecule has 2 aromatic heterocycles. The Hall–Kier alpha value is -3.66. The normalized spacial score (nSPS) is 11.6. The van der Waals surface area contributed by atoms with E-state index in [0.717, 1.165) is 17.7 Å². The Morgan fingerprint density at radius 3 is 2.64 bits per heavy atom. The van der Waals surface area contributed by atoms with Crippen LogP contribution < -0.4 is 10.6 Å². The van der Waals surface area contributed by atoms with Gasteiger partial charge in [0.15, 0.2) is 11.5 Å². The average molecular weight is 475 g/mol. The largest absolute Gasteiger partial charge is 0.416 e. The minimum absolute atomic E-state index is 0.0935. The van der Waals surface area contributed by atoms with Crippen molar-refractivity contribution < 1.29 is 18.0 Å². The molecule has 0 saturated heterocycles. The minimum atomic E-state index is -4.54. The number of alkyl halides is 3. The van der Waals surface area contributed by atoms with Gasteiger partial charge < -0.3 is 10.6 Å². The van der Waals surface area contributed by atoms with Crippen LogP contribution in [0.5, 0.6) is 0 Å².